The summed E-state index contributed by atoms with van der Waals surface area (Å²) in [6, 6.07) is 4.61. The van der Waals surface area contributed by atoms with Gasteiger partial charge < -0.3 is 4.74 Å². The number of rotatable bonds is 5. The minimum atomic E-state index is 0.233. The molecule has 0 radical (unpaired) electrons. The molecule has 18 heavy (non-hydrogen) atoms. The molecule has 102 valence electrons. The van der Waals surface area contributed by atoms with Gasteiger partial charge in [-0.2, -0.15) is 0 Å². The quantitative estimate of drug-likeness (QED) is 0.688. The van der Waals surface area contributed by atoms with Gasteiger partial charge in [0.25, 0.3) is 0 Å². The van der Waals surface area contributed by atoms with E-state index in [0.717, 1.165) is 12.2 Å². The Hall–Kier alpha value is -0.980. The summed E-state index contributed by atoms with van der Waals surface area (Å²) < 4.78 is 5.98. The van der Waals surface area contributed by atoms with Crippen molar-refractivity contribution < 1.29 is 4.74 Å². The Kier molecular flexibility index (Phi) is 5.25. The average Bonchev–Trinajstić information content (AvgIpc) is 2.26. The van der Waals surface area contributed by atoms with Gasteiger partial charge in [-0.3, -0.25) is 0 Å². The predicted octanol–water partition coefficient (Wildman–Crippen LogP) is 5.28. The topological polar surface area (TPSA) is 9.23 Å². The van der Waals surface area contributed by atoms with Crippen molar-refractivity contribution in [2.45, 2.75) is 72.8 Å². The molecule has 1 aromatic rings. The smallest absolute Gasteiger partial charge is 0.123 e. The first kappa shape index (κ1) is 15.1. The second-order valence-electron chi connectivity index (χ2n) is 5.92. The van der Waals surface area contributed by atoms with Crippen molar-refractivity contribution in [1.29, 1.82) is 0 Å². The molecule has 0 spiro atoms. The number of benzene rings is 1. The van der Waals surface area contributed by atoms with Crippen LogP contribution < -0.4 is 4.74 Å². The highest BCUT2D eigenvalue weighted by Crippen LogP contribution is 2.33. The molecule has 0 saturated carbocycles. The first-order chi connectivity index (χ1) is 8.36. The standard InChI is InChI=1S/C17H28O/c1-8-14-9-17(18-13(6)7)16(12(4)5)10-15(14)11(2)3/h9-13H,8H2,1-7H3. The molecule has 1 rings (SSSR count). The van der Waals surface area contributed by atoms with E-state index in [0.29, 0.717) is 11.8 Å². The molecule has 0 aliphatic rings. The molecule has 0 heterocycles. The first-order valence-electron chi connectivity index (χ1n) is 7.20. The van der Waals surface area contributed by atoms with Crippen molar-refractivity contribution in [3.8, 4) is 5.75 Å². The lowest BCUT2D eigenvalue weighted by Crippen LogP contribution is -2.10. The minimum Gasteiger partial charge on any atom is -0.491 e. The minimum absolute atomic E-state index is 0.233. The van der Waals surface area contributed by atoms with Crippen LogP contribution in [0, 0.1) is 0 Å². The number of hydrogen-bond donors (Lipinski definition) is 0. The van der Waals surface area contributed by atoms with Crippen molar-refractivity contribution in [3.05, 3.63) is 28.8 Å². The molecule has 0 bridgehead atoms. The van der Waals surface area contributed by atoms with Crippen molar-refractivity contribution in [1.82, 2.24) is 0 Å². The largest absolute Gasteiger partial charge is 0.491 e. The number of hydrogen-bond acceptors (Lipinski definition) is 1. The van der Waals surface area contributed by atoms with Crippen molar-refractivity contribution in [2.75, 3.05) is 0 Å². The van der Waals surface area contributed by atoms with Crippen LogP contribution in [0.15, 0.2) is 12.1 Å². The molecule has 0 unspecified atom stereocenters. The van der Waals surface area contributed by atoms with Gasteiger partial charge in [0.2, 0.25) is 0 Å². The first-order valence-corrected chi connectivity index (χ1v) is 7.20. The van der Waals surface area contributed by atoms with Gasteiger partial charge in [0.05, 0.1) is 6.10 Å². The van der Waals surface area contributed by atoms with Crippen LogP contribution in [0.2, 0.25) is 0 Å². The van der Waals surface area contributed by atoms with E-state index < -0.39 is 0 Å². The summed E-state index contributed by atoms with van der Waals surface area (Å²) in [4.78, 5) is 0. The van der Waals surface area contributed by atoms with Crippen LogP contribution in [0.4, 0.5) is 0 Å². The Bertz CT molecular complexity index is 389. The Morgan fingerprint density at radius 3 is 1.83 bits per heavy atom. The van der Waals surface area contributed by atoms with E-state index >= 15 is 0 Å². The molecule has 0 saturated heterocycles. The Morgan fingerprint density at radius 1 is 0.889 bits per heavy atom. The second-order valence-corrected chi connectivity index (χ2v) is 5.92. The molecule has 1 aromatic carbocycles. The monoisotopic (exact) mass is 248 g/mol. The van der Waals surface area contributed by atoms with Gasteiger partial charge in [0, 0.05) is 0 Å². The third kappa shape index (κ3) is 3.51. The predicted molar refractivity (Wildman–Crippen MR) is 79.8 cm³/mol. The van der Waals surface area contributed by atoms with Crippen molar-refractivity contribution >= 4 is 0 Å². The molecular weight excluding hydrogens is 220 g/mol. The summed E-state index contributed by atoms with van der Waals surface area (Å²) in [5.41, 5.74) is 4.23. The molecule has 1 nitrogen and oxygen atoms in total. The molecule has 0 aliphatic carbocycles. The van der Waals surface area contributed by atoms with Crippen molar-refractivity contribution in [2.24, 2.45) is 0 Å². The molecular formula is C17H28O. The fourth-order valence-electron chi connectivity index (χ4n) is 2.31. The van der Waals surface area contributed by atoms with Crippen LogP contribution >= 0.6 is 0 Å². The maximum atomic E-state index is 5.98. The van der Waals surface area contributed by atoms with Crippen LogP contribution in [-0.2, 0) is 6.42 Å². The lowest BCUT2D eigenvalue weighted by molar-refractivity contribution is 0.239. The van der Waals surface area contributed by atoms with Gasteiger partial charge in [-0.15, -0.1) is 0 Å². The van der Waals surface area contributed by atoms with Crippen LogP contribution in [0.25, 0.3) is 0 Å². The average molecular weight is 248 g/mol. The van der Waals surface area contributed by atoms with E-state index in [1.807, 2.05) is 0 Å². The second kappa shape index (κ2) is 6.26. The maximum Gasteiger partial charge on any atom is 0.123 e. The Labute approximate surface area is 113 Å². The Morgan fingerprint density at radius 2 is 1.44 bits per heavy atom. The highest BCUT2D eigenvalue weighted by molar-refractivity contribution is 5.45. The SMILES string of the molecule is CCc1cc(OC(C)C)c(C(C)C)cc1C(C)C. The summed E-state index contributed by atoms with van der Waals surface area (Å²) in [6.45, 7) is 15.4. The number of aryl methyl sites for hydroxylation is 1. The zero-order valence-corrected chi connectivity index (χ0v) is 13.0. The van der Waals surface area contributed by atoms with Gasteiger partial charge >= 0.3 is 0 Å². The van der Waals surface area contributed by atoms with Crippen LogP contribution in [0.5, 0.6) is 5.75 Å². The summed E-state index contributed by atoms with van der Waals surface area (Å²) >= 11 is 0. The molecule has 0 aliphatic heterocycles. The lowest BCUT2D eigenvalue weighted by atomic mass is 9.90. The lowest BCUT2D eigenvalue weighted by Gasteiger charge is -2.21. The van der Waals surface area contributed by atoms with Crippen LogP contribution in [0.3, 0.4) is 0 Å². The normalized spacial score (nSPS) is 11.7. The molecule has 0 atom stereocenters. The van der Waals surface area contributed by atoms with Gasteiger partial charge in [0.15, 0.2) is 0 Å². The fraction of sp³-hybridized carbons (Fsp3) is 0.647. The highest BCUT2D eigenvalue weighted by atomic mass is 16.5. The molecule has 0 fully saturated rings. The van der Waals surface area contributed by atoms with Crippen LogP contribution in [0.1, 0.15) is 77.0 Å². The zero-order valence-electron chi connectivity index (χ0n) is 13.0. The van der Waals surface area contributed by atoms with Crippen molar-refractivity contribution in [3.63, 3.8) is 0 Å². The third-order valence-corrected chi connectivity index (χ3v) is 3.26. The van der Waals surface area contributed by atoms with Crippen LogP contribution in [-0.4, -0.2) is 6.10 Å². The third-order valence-electron chi connectivity index (χ3n) is 3.26. The summed E-state index contributed by atoms with van der Waals surface area (Å²) in [7, 11) is 0. The van der Waals surface area contributed by atoms with Gasteiger partial charge in [-0.1, -0.05) is 40.7 Å². The zero-order chi connectivity index (χ0) is 13.9. The number of ether oxygens (including phenoxy) is 1. The van der Waals surface area contributed by atoms with Gasteiger partial charge in [-0.05, 0) is 54.9 Å². The van der Waals surface area contributed by atoms with E-state index in [1.165, 1.54) is 16.7 Å². The van der Waals surface area contributed by atoms with E-state index in [4.69, 9.17) is 4.74 Å². The molecule has 0 aromatic heterocycles. The summed E-state index contributed by atoms with van der Waals surface area (Å²) in [6.07, 6.45) is 1.30. The maximum absolute atomic E-state index is 5.98. The van der Waals surface area contributed by atoms with E-state index in [9.17, 15) is 0 Å². The van der Waals surface area contributed by atoms with E-state index in [-0.39, 0.29) is 6.10 Å². The summed E-state index contributed by atoms with van der Waals surface area (Å²) in [5.74, 6) is 2.15. The highest BCUT2D eigenvalue weighted by Gasteiger charge is 2.15. The summed E-state index contributed by atoms with van der Waals surface area (Å²) in [5, 5.41) is 0. The fourth-order valence-corrected chi connectivity index (χ4v) is 2.31. The van der Waals surface area contributed by atoms with Gasteiger partial charge in [-0.25, -0.2) is 0 Å². The van der Waals surface area contributed by atoms with E-state index in [1.54, 1.807) is 0 Å². The molecule has 1 heteroatoms. The van der Waals surface area contributed by atoms with E-state index in [2.05, 4.69) is 60.6 Å². The van der Waals surface area contributed by atoms with Gasteiger partial charge in [0.1, 0.15) is 5.75 Å². The molecule has 0 amide bonds. The Balaban J connectivity index is 3.32. The molecule has 0 N–H and O–H groups in total.